The fourth-order valence-corrected chi connectivity index (χ4v) is 4.02. The molecule has 0 aromatic heterocycles. The first kappa shape index (κ1) is 25.3. The van der Waals surface area contributed by atoms with Gasteiger partial charge >= 0.3 is 11.9 Å². The minimum atomic E-state index is -0.991. The minimum Gasteiger partial charge on any atom is -0.494 e. The second-order valence-corrected chi connectivity index (χ2v) is 8.55. The van der Waals surface area contributed by atoms with Crippen LogP contribution in [-0.4, -0.2) is 47.0 Å². The maximum absolute atomic E-state index is 12.6. The third kappa shape index (κ3) is 7.07. The number of amides is 1. The van der Waals surface area contributed by atoms with E-state index in [1.807, 2.05) is 0 Å². The number of carbonyl (C=O) groups excluding carboxylic acids is 2. The molecule has 0 spiro atoms. The van der Waals surface area contributed by atoms with E-state index >= 15 is 0 Å². The van der Waals surface area contributed by atoms with Crippen LogP contribution in [0.2, 0.25) is 0 Å². The first-order valence-electron chi connectivity index (χ1n) is 12.1. The van der Waals surface area contributed by atoms with Gasteiger partial charge in [-0.25, -0.2) is 9.59 Å². The molecule has 0 saturated carbocycles. The number of likely N-dealkylation sites (tertiary alicyclic amines) is 1. The Morgan fingerprint density at radius 3 is 2.18 bits per heavy atom. The Labute approximate surface area is 200 Å². The van der Waals surface area contributed by atoms with Crippen molar-refractivity contribution in [2.45, 2.75) is 64.3 Å². The number of carboxylic acids is 1. The highest BCUT2D eigenvalue weighted by Gasteiger charge is 2.34. The molecule has 1 atom stereocenters. The van der Waals surface area contributed by atoms with Gasteiger partial charge in [0.1, 0.15) is 17.5 Å². The third-order valence-electron chi connectivity index (χ3n) is 5.97. The lowest BCUT2D eigenvalue weighted by Crippen LogP contribution is -2.40. The lowest BCUT2D eigenvalue weighted by Gasteiger charge is -2.21. The molecule has 7 nitrogen and oxygen atoms in total. The maximum Gasteiger partial charge on any atom is 0.343 e. The molecule has 2 aromatic carbocycles. The normalized spacial score (nSPS) is 15.2. The fourth-order valence-electron chi connectivity index (χ4n) is 4.02. The molecule has 182 valence electrons. The van der Waals surface area contributed by atoms with Crippen LogP contribution in [-0.2, 0) is 4.79 Å². The third-order valence-corrected chi connectivity index (χ3v) is 5.97. The largest absolute Gasteiger partial charge is 0.494 e. The second-order valence-electron chi connectivity index (χ2n) is 8.55. The zero-order valence-electron chi connectivity index (χ0n) is 19.7. The standard InChI is InChI=1S/C27H33NO6/c1-2-3-4-5-6-7-19-33-22-14-12-21(13-15-22)27(32)34-23-16-10-20(11-17-23)25(29)28-18-8-9-24(28)26(30)31/h10-17,24H,2-9,18-19H2,1H3,(H,30,31)/t24-/m0/s1. The molecule has 2 aromatic rings. The lowest BCUT2D eigenvalue weighted by molar-refractivity contribution is -0.141. The average molecular weight is 468 g/mol. The Balaban J connectivity index is 1.47. The number of benzene rings is 2. The van der Waals surface area contributed by atoms with E-state index < -0.39 is 18.0 Å². The zero-order valence-corrected chi connectivity index (χ0v) is 19.7. The van der Waals surface area contributed by atoms with Gasteiger partial charge in [-0.1, -0.05) is 39.0 Å². The van der Waals surface area contributed by atoms with Crippen LogP contribution < -0.4 is 9.47 Å². The number of ether oxygens (including phenoxy) is 2. The van der Waals surface area contributed by atoms with Crippen LogP contribution in [0.4, 0.5) is 0 Å². The average Bonchev–Trinajstić information content (AvgIpc) is 3.34. The summed E-state index contributed by atoms with van der Waals surface area (Å²) in [6, 6.07) is 12.2. The van der Waals surface area contributed by atoms with Gasteiger partial charge in [0.2, 0.25) is 0 Å². The molecule has 1 amide bonds. The van der Waals surface area contributed by atoms with Crippen molar-refractivity contribution in [2.24, 2.45) is 0 Å². The van der Waals surface area contributed by atoms with Gasteiger partial charge in [-0.2, -0.15) is 0 Å². The first-order valence-corrected chi connectivity index (χ1v) is 12.1. The fraction of sp³-hybridized carbons (Fsp3) is 0.444. The van der Waals surface area contributed by atoms with E-state index in [1.54, 1.807) is 36.4 Å². The number of hydrogen-bond donors (Lipinski definition) is 1. The molecule has 0 unspecified atom stereocenters. The summed E-state index contributed by atoms with van der Waals surface area (Å²) in [6.45, 7) is 3.28. The van der Waals surface area contributed by atoms with Crippen LogP contribution in [0.3, 0.4) is 0 Å². The number of rotatable bonds is 12. The van der Waals surface area contributed by atoms with E-state index in [0.29, 0.717) is 42.9 Å². The van der Waals surface area contributed by atoms with Crippen LogP contribution in [0, 0.1) is 0 Å². The molecule has 1 heterocycles. The van der Waals surface area contributed by atoms with E-state index in [2.05, 4.69) is 6.92 Å². The number of carboxylic acid groups (broad SMARTS) is 1. The number of esters is 1. The number of unbranched alkanes of at least 4 members (excludes halogenated alkanes) is 5. The van der Waals surface area contributed by atoms with E-state index in [1.165, 1.54) is 42.7 Å². The molecular weight excluding hydrogens is 434 g/mol. The summed E-state index contributed by atoms with van der Waals surface area (Å²) in [5.74, 6) is -0.808. The summed E-state index contributed by atoms with van der Waals surface area (Å²) in [5, 5.41) is 9.28. The van der Waals surface area contributed by atoms with Crippen LogP contribution in [0.1, 0.15) is 79.0 Å². The smallest absolute Gasteiger partial charge is 0.343 e. The summed E-state index contributed by atoms with van der Waals surface area (Å²) in [7, 11) is 0. The van der Waals surface area contributed by atoms with Gasteiger partial charge in [0.25, 0.3) is 5.91 Å². The van der Waals surface area contributed by atoms with Crippen molar-refractivity contribution in [3.05, 3.63) is 59.7 Å². The molecule has 34 heavy (non-hydrogen) atoms. The molecule has 0 aliphatic carbocycles. The molecule has 1 saturated heterocycles. The van der Waals surface area contributed by atoms with E-state index in [9.17, 15) is 19.5 Å². The first-order chi connectivity index (χ1) is 16.5. The summed E-state index contributed by atoms with van der Waals surface area (Å²) in [4.78, 5) is 37.8. The van der Waals surface area contributed by atoms with Crippen LogP contribution in [0.25, 0.3) is 0 Å². The molecule has 7 heteroatoms. The van der Waals surface area contributed by atoms with Crippen molar-refractivity contribution in [3.8, 4) is 11.5 Å². The monoisotopic (exact) mass is 467 g/mol. The van der Waals surface area contributed by atoms with Crippen molar-refractivity contribution >= 4 is 17.8 Å². The predicted octanol–water partition coefficient (Wildman–Crippen LogP) is 5.33. The van der Waals surface area contributed by atoms with Crippen molar-refractivity contribution < 1.29 is 29.0 Å². The summed E-state index contributed by atoms with van der Waals surface area (Å²) in [5.41, 5.74) is 0.758. The Bertz CT molecular complexity index is 954. The maximum atomic E-state index is 12.6. The molecule has 0 radical (unpaired) electrons. The Hall–Kier alpha value is -3.35. The number of aliphatic carboxylic acids is 1. The van der Waals surface area contributed by atoms with E-state index in [0.717, 1.165) is 18.6 Å². The highest BCUT2D eigenvalue weighted by Crippen LogP contribution is 2.22. The molecule has 3 rings (SSSR count). The highest BCUT2D eigenvalue weighted by molar-refractivity contribution is 5.97. The summed E-state index contributed by atoms with van der Waals surface area (Å²) >= 11 is 0. The van der Waals surface area contributed by atoms with Crippen molar-refractivity contribution in [1.29, 1.82) is 0 Å². The van der Waals surface area contributed by atoms with Crippen molar-refractivity contribution in [1.82, 2.24) is 4.90 Å². The van der Waals surface area contributed by atoms with Gasteiger partial charge in [-0.3, -0.25) is 4.79 Å². The van der Waals surface area contributed by atoms with E-state index in [-0.39, 0.29) is 5.91 Å². The Morgan fingerprint density at radius 1 is 0.882 bits per heavy atom. The van der Waals surface area contributed by atoms with Gasteiger partial charge in [-0.05, 0) is 67.8 Å². The van der Waals surface area contributed by atoms with Crippen LogP contribution in [0.15, 0.2) is 48.5 Å². The van der Waals surface area contributed by atoms with Gasteiger partial charge in [-0.15, -0.1) is 0 Å². The van der Waals surface area contributed by atoms with E-state index in [4.69, 9.17) is 9.47 Å². The summed E-state index contributed by atoms with van der Waals surface area (Å²) < 4.78 is 11.1. The quantitative estimate of drug-likeness (QED) is 0.257. The molecule has 0 bridgehead atoms. The zero-order chi connectivity index (χ0) is 24.3. The molecular formula is C27H33NO6. The van der Waals surface area contributed by atoms with Crippen LogP contribution >= 0.6 is 0 Å². The number of carbonyl (C=O) groups is 3. The summed E-state index contributed by atoms with van der Waals surface area (Å²) in [6.07, 6.45) is 8.33. The van der Waals surface area contributed by atoms with Gasteiger partial charge in [0, 0.05) is 12.1 Å². The topological polar surface area (TPSA) is 93.1 Å². The van der Waals surface area contributed by atoms with Crippen molar-refractivity contribution in [3.63, 3.8) is 0 Å². The van der Waals surface area contributed by atoms with Gasteiger partial charge in [0.05, 0.1) is 12.2 Å². The Morgan fingerprint density at radius 2 is 1.50 bits per heavy atom. The minimum absolute atomic E-state index is 0.307. The number of nitrogens with zero attached hydrogens (tertiary/aromatic N) is 1. The molecule has 1 aliphatic heterocycles. The highest BCUT2D eigenvalue weighted by atomic mass is 16.5. The van der Waals surface area contributed by atoms with Crippen LogP contribution in [0.5, 0.6) is 11.5 Å². The second kappa shape index (κ2) is 12.8. The molecule has 1 fully saturated rings. The lowest BCUT2D eigenvalue weighted by atomic mass is 10.1. The molecule has 1 aliphatic rings. The number of hydrogen-bond acceptors (Lipinski definition) is 5. The predicted molar refractivity (Wildman–Crippen MR) is 128 cm³/mol. The Kier molecular flexibility index (Phi) is 9.50. The van der Waals surface area contributed by atoms with Gasteiger partial charge in [0.15, 0.2) is 0 Å². The van der Waals surface area contributed by atoms with Crippen molar-refractivity contribution in [2.75, 3.05) is 13.2 Å². The van der Waals surface area contributed by atoms with Gasteiger partial charge < -0.3 is 19.5 Å². The molecule has 1 N–H and O–H groups in total. The SMILES string of the molecule is CCCCCCCCOc1ccc(C(=O)Oc2ccc(C(=O)N3CCC[C@H]3C(=O)O)cc2)cc1.